The van der Waals surface area contributed by atoms with E-state index in [1.807, 2.05) is 54.6 Å². The van der Waals surface area contributed by atoms with E-state index in [2.05, 4.69) is 19.2 Å². The molecule has 0 radical (unpaired) electrons. The smallest absolute Gasteiger partial charge is 0.407 e. The molecule has 1 amide bonds. The molecule has 2 aromatic carbocycles. The summed E-state index contributed by atoms with van der Waals surface area (Å²) >= 11 is 0. The second kappa shape index (κ2) is 6.32. The van der Waals surface area contributed by atoms with Gasteiger partial charge in [0.2, 0.25) is 0 Å². The number of ether oxygens (including phenoxy) is 2. The zero-order chi connectivity index (χ0) is 16.3. The zero-order valence-electron chi connectivity index (χ0n) is 13.4. The minimum Gasteiger partial charge on any atom is -0.489 e. The number of hydrogen-bond acceptors (Lipinski definition) is 3. The third-order valence-corrected chi connectivity index (χ3v) is 4.09. The lowest BCUT2D eigenvalue weighted by Crippen LogP contribution is -2.47. The van der Waals surface area contributed by atoms with Gasteiger partial charge < -0.3 is 14.8 Å². The molecule has 4 nitrogen and oxygen atoms in total. The molecule has 1 heterocycles. The first-order valence-electron chi connectivity index (χ1n) is 7.75. The Morgan fingerprint density at radius 1 is 1.13 bits per heavy atom. The van der Waals surface area contributed by atoms with Crippen molar-refractivity contribution in [3.05, 3.63) is 65.7 Å². The molecular weight excluding hydrogens is 290 g/mol. The van der Waals surface area contributed by atoms with E-state index in [4.69, 9.17) is 9.47 Å². The first-order valence-corrected chi connectivity index (χ1v) is 7.75. The molecule has 1 N–H and O–H groups in total. The molecule has 1 aliphatic heterocycles. The highest BCUT2D eigenvalue weighted by atomic mass is 16.6. The Bertz CT molecular complexity index is 682. The summed E-state index contributed by atoms with van der Waals surface area (Å²) in [7, 11) is 0. The summed E-state index contributed by atoms with van der Waals surface area (Å²) in [6.07, 6.45) is -0.382. The normalized spacial score (nSPS) is 19.6. The number of cyclic esters (lactones) is 1. The molecule has 0 saturated carbocycles. The highest BCUT2D eigenvalue weighted by Crippen LogP contribution is 2.40. The summed E-state index contributed by atoms with van der Waals surface area (Å²) in [4.78, 5) is 11.7. The van der Waals surface area contributed by atoms with Crippen molar-refractivity contribution in [2.75, 3.05) is 6.61 Å². The summed E-state index contributed by atoms with van der Waals surface area (Å²) in [5, 5.41) is 2.92. The lowest BCUT2D eigenvalue weighted by Gasteiger charge is -2.39. The number of carbonyl (C=O) groups excluding carboxylic acids is 1. The van der Waals surface area contributed by atoms with Crippen molar-refractivity contribution in [1.29, 1.82) is 0 Å². The first-order chi connectivity index (χ1) is 11.1. The van der Waals surface area contributed by atoms with Gasteiger partial charge in [-0.05, 0) is 11.6 Å². The molecule has 4 heteroatoms. The van der Waals surface area contributed by atoms with Crippen LogP contribution in [0.3, 0.4) is 0 Å². The maximum Gasteiger partial charge on any atom is 0.407 e. The van der Waals surface area contributed by atoms with Gasteiger partial charge in [0.05, 0.1) is 6.04 Å². The van der Waals surface area contributed by atoms with Gasteiger partial charge in [0.25, 0.3) is 0 Å². The van der Waals surface area contributed by atoms with Crippen LogP contribution in [0, 0.1) is 5.41 Å². The Balaban J connectivity index is 1.84. The molecule has 0 aliphatic carbocycles. The van der Waals surface area contributed by atoms with E-state index < -0.39 is 0 Å². The largest absolute Gasteiger partial charge is 0.489 e. The van der Waals surface area contributed by atoms with E-state index in [1.165, 1.54) is 0 Å². The van der Waals surface area contributed by atoms with Gasteiger partial charge in [-0.15, -0.1) is 0 Å². The number of carbonyl (C=O) groups is 1. The van der Waals surface area contributed by atoms with Crippen LogP contribution in [-0.2, 0) is 11.3 Å². The number of nitrogens with one attached hydrogen (secondary N) is 1. The molecule has 120 valence electrons. The highest BCUT2D eigenvalue weighted by Gasteiger charge is 2.39. The van der Waals surface area contributed by atoms with Crippen molar-refractivity contribution in [3.63, 3.8) is 0 Å². The van der Waals surface area contributed by atoms with Gasteiger partial charge in [0.15, 0.2) is 0 Å². The van der Waals surface area contributed by atoms with Crippen molar-refractivity contribution in [2.45, 2.75) is 26.5 Å². The van der Waals surface area contributed by atoms with E-state index in [0.717, 1.165) is 16.9 Å². The molecule has 3 rings (SSSR count). The van der Waals surface area contributed by atoms with Crippen molar-refractivity contribution in [1.82, 2.24) is 5.32 Å². The van der Waals surface area contributed by atoms with Gasteiger partial charge >= 0.3 is 6.09 Å². The van der Waals surface area contributed by atoms with Gasteiger partial charge in [-0.1, -0.05) is 62.4 Å². The number of para-hydroxylation sites is 1. The molecule has 1 saturated heterocycles. The lowest BCUT2D eigenvalue weighted by molar-refractivity contribution is 0.0378. The number of amides is 1. The van der Waals surface area contributed by atoms with E-state index >= 15 is 0 Å². The second-order valence-corrected chi connectivity index (χ2v) is 6.45. The van der Waals surface area contributed by atoms with Gasteiger partial charge in [0, 0.05) is 11.0 Å². The molecule has 1 aliphatic rings. The SMILES string of the molecule is CC1(C)COC(=O)N[C@@H]1c1ccccc1OCc1ccccc1. The molecule has 0 bridgehead atoms. The van der Waals surface area contributed by atoms with E-state index in [0.29, 0.717) is 13.2 Å². The van der Waals surface area contributed by atoms with Crippen LogP contribution in [0.25, 0.3) is 0 Å². The molecule has 1 atom stereocenters. The number of rotatable bonds is 4. The molecular formula is C19H21NO3. The maximum absolute atomic E-state index is 11.7. The molecule has 2 aromatic rings. The summed E-state index contributed by atoms with van der Waals surface area (Å²) in [5.74, 6) is 0.789. The Morgan fingerprint density at radius 3 is 2.61 bits per heavy atom. The molecule has 0 aromatic heterocycles. The maximum atomic E-state index is 11.7. The van der Waals surface area contributed by atoms with Crippen molar-refractivity contribution in [3.8, 4) is 5.75 Å². The van der Waals surface area contributed by atoms with E-state index in [9.17, 15) is 4.79 Å². The van der Waals surface area contributed by atoms with Crippen LogP contribution in [0.2, 0.25) is 0 Å². The lowest BCUT2D eigenvalue weighted by atomic mass is 9.80. The van der Waals surface area contributed by atoms with Gasteiger partial charge in [-0.2, -0.15) is 0 Å². The summed E-state index contributed by atoms with van der Waals surface area (Å²) in [6, 6.07) is 17.7. The van der Waals surface area contributed by atoms with Crippen LogP contribution >= 0.6 is 0 Å². The number of benzene rings is 2. The minimum absolute atomic E-state index is 0.143. The third-order valence-electron chi connectivity index (χ3n) is 4.09. The van der Waals surface area contributed by atoms with Crippen LogP contribution in [0.1, 0.15) is 31.0 Å². The Kier molecular flexibility index (Phi) is 4.24. The predicted molar refractivity (Wildman–Crippen MR) is 88.2 cm³/mol. The predicted octanol–water partition coefficient (Wildman–Crippen LogP) is 4.07. The van der Waals surface area contributed by atoms with Crippen molar-refractivity contribution >= 4 is 6.09 Å². The second-order valence-electron chi connectivity index (χ2n) is 6.45. The van der Waals surface area contributed by atoms with Crippen LogP contribution in [-0.4, -0.2) is 12.7 Å². The zero-order valence-corrected chi connectivity index (χ0v) is 13.4. The third kappa shape index (κ3) is 3.47. The average Bonchev–Trinajstić information content (AvgIpc) is 2.56. The van der Waals surface area contributed by atoms with E-state index in [-0.39, 0.29) is 17.6 Å². The van der Waals surface area contributed by atoms with Crippen LogP contribution in [0.15, 0.2) is 54.6 Å². The van der Waals surface area contributed by atoms with Crippen LogP contribution < -0.4 is 10.1 Å². The van der Waals surface area contributed by atoms with Gasteiger partial charge in [-0.25, -0.2) is 4.79 Å². The Morgan fingerprint density at radius 2 is 1.83 bits per heavy atom. The van der Waals surface area contributed by atoms with Crippen molar-refractivity contribution < 1.29 is 14.3 Å². The fourth-order valence-corrected chi connectivity index (χ4v) is 2.77. The molecule has 0 spiro atoms. The van der Waals surface area contributed by atoms with Gasteiger partial charge in [0.1, 0.15) is 19.0 Å². The summed E-state index contributed by atoms with van der Waals surface area (Å²) < 4.78 is 11.1. The summed E-state index contributed by atoms with van der Waals surface area (Å²) in [6.45, 7) is 5.03. The van der Waals surface area contributed by atoms with Crippen LogP contribution in [0.4, 0.5) is 4.79 Å². The fraction of sp³-hybridized carbons (Fsp3) is 0.316. The Labute approximate surface area is 136 Å². The van der Waals surface area contributed by atoms with Gasteiger partial charge in [-0.3, -0.25) is 0 Å². The average molecular weight is 311 g/mol. The number of hydrogen-bond donors (Lipinski definition) is 1. The van der Waals surface area contributed by atoms with Crippen LogP contribution in [0.5, 0.6) is 5.75 Å². The quantitative estimate of drug-likeness (QED) is 0.926. The molecule has 23 heavy (non-hydrogen) atoms. The van der Waals surface area contributed by atoms with E-state index in [1.54, 1.807) is 0 Å². The summed E-state index contributed by atoms with van der Waals surface area (Å²) in [5.41, 5.74) is 1.88. The Hall–Kier alpha value is -2.49. The van der Waals surface area contributed by atoms with Crippen molar-refractivity contribution in [2.24, 2.45) is 5.41 Å². The fourth-order valence-electron chi connectivity index (χ4n) is 2.77. The first kappa shape index (κ1) is 15.4. The minimum atomic E-state index is -0.382. The molecule has 1 fully saturated rings. The monoisotopic (exact) mass is 311 g/mol. The topological polar surface area (TPSA) is 47.6 Å². The number of alkyl carbamates (subject to hydrolysis) is 1. The highest BCUT2D eigenvalue weighted by molar-refractivity contribution is 5.69. The standard InChI is InChI=1S/C19H21NO3/c1-19(2)13-23-18(21)20-17(19)15-10-6-7-11-16(15)22-12-14-8-4-3-5-9-14/h3-11,17H,12-13H2,1-2H3,(H,20,21)/t17-/m1/s1. The molecule has 0 unspecified atom stereocenters.